The van der Waals surface area contributed by atoms with Gasteiger partial charge in [0.2, 0.25) is 5.91 Å². The highest BCUT2D eigenvalue weighted by atomic mass is 16.5. The highest BCUT2D eigenvalue weighted by Crippen LogP contribution is 2.30. The maximum atomic E-state index is 12.4. The van der Waals surface area contributed by atoms with Gasteiger partial charge in [0.25, 0.3) is 0 Å². The number of hydrogen-bond acceptors (Lipinski definition) is 3. The predicted octanol–water partition coefficient (Wildman–Crippen LogP) is 1.06. The minimum Gasteiger partial charge on any atom is -0.381 e. The number of carbonyl (C=O) groups excluding carboxylic acids is 1. The average molecular weight is 240 g/mol. The number of amides is 1. The Labute approximate surface area is 103 Å². The van der Waals surface area contributed by atoms with Crippen LogP contribution >= 0.6 is 0 Å². The van der Waals surface area contributed by atoms with Crippen LogP contribution in [0.4, 0.5) is 0 Å². The van der Waals surface area contributed by atoms with Crippen molar-refractivity contribution in [2.24, 2.45) is 5.41 Å². The molecule has 0 spiro atoms. The van der Waals surface area contributed by atoms with E-state index in [2.05, 4.69) is 17.6 Å². The van der Waals surface area contributed by atoms with Gasteiger partial charge in [0, 0.05) is 25.8 Å². The molecule has 4 nitrogen and oxygen atoms in total. The summed E-state index contributed by atoms with van der Waals surface area (Å²) in [7, 11) is 0. The summed E-state index contributed by atoms with van der Waals surface area (Å²) in [5.41, 5.74) is -0.170. The minimum absolute atomic E-state index is 0.170. The van der Waals surface area contributed by atoms with E-state index in [1.165, 1.54) is 0 Å². The molecule has 0 saturated carbocycles. The van der Waals surface area contributed by atoms with Crippen molar-refractivity contribution in [3.8, 4) is 0 Å². The van der Waals surface area contributed by atoms with Crippen molar-refractivity contribution in [2.75, 3.05) is 26.3 Å². The highest BCUT2D eigenvalue weighted by molar-refractivity contribution is 5.83. The third-order valence-corrected chi connectivity index (χ3v) is 4.19. The van der Waals surface area contributed by atoms with Gasteiger partial charge in [-0.25, -0.2) is 0 Å². The first kappa shape index (κ1) is 12.8. The van der Waals surface area contributed by atoms with E-state index in [9.17, 15) is 4.79 Å². The van der Waals surface area contributed by atoms with Crippen molar-refractivity contribution >= 4 is 5.91 Å². The Bertz CT molecular complexity index is 256. The number of carbonyl (C=O) groups is 1. The summed E-state index contributed by atoms with van der Waals surface area (Å²) in [4.78, 5) is 12.4. The van der Waals surface area contributed by atoms with Crippen LogP contribution in [0, 0.1) is 5.41 Å². The summed E-state index contributed by atoms with van der Waals surface area (Å²) in [5.74, 6) is 0.249. The maximum absolute atomic E-state index is 12.4. The van der Waals surface area contributed by atoms with Crippen molar-refractivity contribution in [1.29, 1.82) is 0 Å². The number of nitrogens with one attached hydrogen (secondary N) is 2. The van der Waals surface area contributed by atoms with E-state index < -0.39 is 0 Å². The molecule has 2 fully saturated rings. The van der Waals surface area contributed by atoms with E-state index in [0.29, 0.717) is 6.04 Å². The van der Waals surface area contributed by atoms with Gasteiger partial charge in [-0.15, -0.1) is 0 Å². The Morgan fingerprint density at radius 1 is 1.47 bits per heavy atom. The number of hydrogen-bond donors (Lipinski definition) is 2. The molecule has 2 aliphatic rings. The molecular formula is C13H24N2O2. The van der Waals surface area contributed by atoms with Crippen molar-refractivity contribution < 1.29 is 9.53 Å². The molecule has 1 unspecified atom stereocenters. The molecule has 0 aliphatic carbocycles. The van der Waals surface area contributed by atoms with Crippen LogP contribution in [-0.2, 0) is 9.53 Å². The van der Waals surface area contributed by atoms with Crippen molar-refractivity contribution in [3.05, 3.63) is 0 Å². The molecule has 1 amide bonds. The van der Waals surface area contributed by atoms with E-state index in [-0.39, 0.29) is 11.3 Å². The normalized spacial score (nSPS) is 31.1. The van der Waals surface area contributed by atoms with Crippen LogP contribution < -0.4 is 10.6 Å². The van der Waals surface area contributed by atoms with E-state index in [1.54, 1.807) is 0 Å². The van der Waals surface area contributed by atoms with E-state index in [4.69, 9.17) is 4.74 Å². The molecule has 17 heavy (non-hydrogen) atoms. The fraction of sp³-hybridized carbons (Fsp3) is 0.923. The van der Waals surface area contributed by atoms with Gasteiger partial charge in [-0.3, -0.25) is 4.79 Å². The molecule has 2 rings (SSSR count). The molecule has 2 aliphatic heterocycles. The summed E-state index contributed by atoms with van der Waals surface area (Å²) < 4.78 is 5.31. The molecule has 98 valence electrons. The first-order valence-corrected chi connectivity index (χ1v) is 6.86. The Morgan fingerprint density at radius 2 is 2.24 bits per heavy atom. The quantitative estimate of drug-likeness (QED) is 0.775. The van der Waals surface area contributed by atoms with Gasteiger partial charge >= 0.3 is 0 Å². The zero-order valence-electron chi connectivity index (χ0n) is 10.8. The van der Waals surface area contributed by atoms with Gasteiger partial charge < -0.3 is 15.4 Å². The Balaban J connectivity index is 1.91. The SMILES string of the molecule is CCC1(C(=O)NC2CCOCC2)CCCNC1. The summed E-state index contributed by atoms with van der Waals surface area (Å²) in [5, 5.41) is 6.58. The largest absolute Gasteiger partial charge is 0.381 e. The summed E-state index contributed by atoms with van der Waals surface area (Å²) in [6, 6.07) is 0.321. The molecule has 2 heterocycles. The summed E-state index contributed by atoms with van der Waals surface area (Å²) in [6.07, 6.45) is 4.97. The topological polar surface area (TPSA) is 50.4 Å². The zero-order valence-corrected chi connectivity index (χ0v) is 10.8. The van der Waals surface area contributed by atoms with Gasteiger partial charge in [0.05, 0.1) is 5.41 Å². The van der Waals surface area contributed by atoms with Crippen LogP contribution in [0.15, 0.2) is 0 Å². The molecule has 1 atom stereocenters. The summed E-state index contributed by atoms with van der Waals surface area (Å²) in [6.45, 7) is 5.56. The Morgan fingerprint density at radius 3 is 2.82 bits per heavy atom. The molecule has 2 saturated heterocycles. The molecule has 0 aromatic carbocycles. The highest BCUT2D eigenvalue weighted by Gasteiger charge is 2.38. The number of piperidine rings is 1. The lowest BCUT2D eigenvalue weighted by molar-refractivity contribution is -0.133. The molecule has 0 radical (unpaired) electrons. The lowest BCUT2D eigenvalue weighted by Crippen LogP contribution is -2.53. The van der Waals surface area contributed by atoms with Crippen LogP contribution in [0.5, 0.6) is 0 Å². The van der Waals surface area contributed by atoms with Gasteiger partial charge in [-0.1, -0.05) is 6.92 Å². The first-order chi connectivity index (χ1) is 8.27. The Hall–Kier alpha value is -0.610. The van der Waals surface area contributed by atoms with Gasteiger partial charge in [-0.2, -0.15) is 0 Å². The van der Waals surface area contributed by atoms with Gasteiger partial charge in [-0.05, 0) is 38.6 Å². The second-order valence-electron chi connectivity index (χ2n) is 5.27. The van der Waals surface area contributed by atoms with Crippen molar-refractivity contribution in [2.45, 2.75) is 45.1 Å². The molecule has 0 aromatic rings. The zero-order chi connectivity index (χ0) is 12.1. The van der Waals surface area contributed by atoms with Crippen LogP contribution in [0.25, 0.3) is 0 Å². The van der Waals surface area contributed by atoms with Crippen molar-refractivity contribution in [3.63, 3.8) is 0 Å². The maximum Gasteiger partial charge on any atom is 0.227 e. The van der Waals surface area contributed by atoms with Crippen LogP contribution in [-0.4, -0.2) is 38.3 Å². The van der Waals surface area contributed by atoms with Crippen LogP contribution in [0.2, 0.25) is 0 Å². The number of rotatable bonds is 3. The van der Waals surface area contributed by atoms with E-state index >= 15 is 0 Å². The molecule has 4 heteroatoms. The number of ether oxygens (including phenoxy) is 1. The third-order valence-electron chi connectivity index (χ3n) is 4.19. The lowest BCUT2D eigenvalue weighted by atomic mass is 9.77. The van der Waals surface area contributed by atoms with Crippen LogP contribution in [0.1, 0.15) is 39.0 Å². The fourth-order valence-electron chi connectivity index (χ4n) is 2.80. The standard InChI is InChI=1S/C13H24N2O2/c1-2-13(6-3-7-14-10-13)12(16)15-11-4-8-17-9-5-11/h11,14H,2-10H2,1H3,(H,15,16). The Kier molecular flexibility index (Phi) is 4.40. The second-order valence-corrected chi connectivity index (χ2v) is 5.27. The van der Waals surface area contributed by atoms with Gasteiger partial charge in [0.15, 0.2) is 0 Å². The lowest BCUT2D eigenvalue weighted by Gasteiger charge is -2.37. The second kappa shape index (κ2) is 5.83. The van der Waals surface area contributed by atoms with Gasteiger partial charge in [0.1, 0.15) is 0 Å². The smallest absolute Gasteiger partial charge is 0.227 e. The van der Waals surface area contributed by atoms with Crippen LogP contribution in [0.3, 0.4) is 0 Å². The average Bonchev–Trinajstić information content (AvgIpc) is 2.40. The third kappa shape index (κ3) is 2.99. The molecule has 0 aromatic heterocycles. The molecular weight excluding hydrogens is 216 g/mol. The van der Waals surface area contributed by atoms with E-state index in [0.717, 1.165) is 58.4 Å². The fourth-order valence-corrected chi connectivity index (χ4v) is 2.80. The summed E-state index contributed by atoms with van der Waals surface area (Å²) >= 11 is 0. The molecule has 2 N–H and O–H groups in total. The monoisotopic (exact) mass is 240 g/mol. The molecule has 0 bridgehead atoms. The van der Waals surface area contributed by atoms with Crippen molar-refractivity contribution in [1.82, 2.24) is 10.6 Å². The van der Waals surface area contributed by atoms with E-state index in [1.807, 2.05) is 0 Å². The first-order valence-electron chi connectivity index (χ1n) is 6.86. The predicted molar refractivity (Wildman–Crippen MR) is 66.8 cm³/mol. The minimum atomic E-state index is -0.170.